The number of ether oxygens (including phenoxy) is 7. The van der Waals surface area contributed by atoms with Crippen molar-refractivity contribution in [1.29, 1.82) is 0 Å². The molecule has 2 aromatic carbocycles. The molecule has 37 heavy (non-hydrogen) atoms. The van der Waals surface area contributed by atoms with Crippen LogP contribution in [0.4, 0.5) is 11.4 Å². The van der Waals surface area contributed by atoms with Crippen molar-refractivity contribution in [2.75, 3.05) is 112 Å². The van der Waals surface area contributed by atoms with E-state index < -0.39 is 0 Å². The third kappa shape index (κ3) is 8.96. The number of hydrogen-bond acceptors (Lipinski definition) is 9. The molecule has 0 saturated carbocycles. The second kappa shape index (κ2) is 16.9. The van der Waals surface area contributed by atoms with Crippen molar-refractivity contribution in [2.24, 2.45) is 0 Å². The van der Waals surface area contributed by atoms with Crippen LogP contribution in [0.25, 0.3) is 0 Å². The summed E-state index contributed by atoms with van der Waals surface area (Å²) in [7, 11) is 11.9. The van der Waals surface area contributed by atoms with Gasteiger partial charge in [-0.3, -0.25) is 0 Å². The first-order chi connectivity index (χ1) is 18.1. The molecule has 0 heterocycles. The molecule has 0 spiro atoms. The van der Waals surface area contributed by atoms with Crippen molar-refractivity contribution < 1.29 is 33.2 Å². The molecule has 0 aliphatic rings. The second-order valence-corrected chi connectivity index (χ2v) is 8.45. The molecule has 9 heteroatoms. The summed E-state index contributed by atoms with van der Waals surface area (Å²) in [6.07, 6.45) is 0.586. The fourth-order valence-corrected chi connectivity index (χ4v) is 4.14. The molecule has 0 aliphatic heterocycles. The third-order valence-electron chi connectivity index (χ3n) is 6.22. The predicted molar refractivity (Wildman–Crippen MR) is 147 cm³/mol. The molecular formula is C28H44N2O7. The lowest BCUT2D eigenvalue weighted by atomic mass is 10.0. The minimum Gasteiger partial charge on any atom is -0.496 e. The summed E-state index contributed by atoms with van der Waals surface area (Å²) in [4.78, 5) is 4.43. The van der Waals surface area contributed by atoms with E-state index in [1.54, 1.807) is 49.8 Å². The van der Waals surface area contributed by atoms with Gasteiger partial charge in [0.25, 0.3) is 0 Å². The molecule has 0 saturated heterocycles. The van der Waals surface area contributed by atoms with Crippen LogP contribution >= 0.6 is 0 Å². The fraction of sp³-hybridized carbons (Fsp3) is 0.571. The zero-order valence-corrected chi connectivity index (χ0v) is 23.5. The van der Waals surface area contributed by atoms with Gasteiger partial charge in [0.05, 0.1) is 47.8 Å². The number of nitrogens with zero attached hydrogens (tertiary/aromatic N) is 2. The molecule has 0 aromatic heterocycles. The van der Waals surface area contributed by atoms with E-state index in [2.05, 4.69) is 28.0 Å². The normalized spacial score (nSPS) is 10.9. The Kier molecular flexibility index (Phi) is 13.9. The van der Waals surface area contributed by atoms with Crippen LogP contribution in [-0.4, -0.2) is 102 Å². The van der Waals surface area contributed by atoms with Crippen molar-refractivity contribution in [3.63, 3.8) is 0 Å². The lowest BCUT2D eigenvalue weighted by molar-refractivity contribution is 0.190. The highest BCUT2D eigenvalue weighted by molar-refractivity contribution is 5.62. The maximum absolute atomic E-state index is 5.84. The van der Waals surface area contributed by atoms with Gasteiger partial charge in [0.15, 0.2) is 0 Å². The second-order valence-electron chi connectivity index (χ2n) is 8.45. The Bertz CT molecular complexity index is 884. The SMILES string of the molecule is COCCN(CCOC)c1ccc(Cc2c(OC)cc(N(CCOC)CCOC)cc2OC)c(OC)c1. The van der Waals surface area contributed by atoms with Gasteiger partial charge in [-0.2, -0.15) is 0 Å². The van der Waals surface area contributed by atoms with Gasteiger partial charge in [0, 0.05) is 96.2 Å². The Labute approximate surface area is 222 Å². The Morgan fingerprint density at radius 2 is 0.919 bits per heavy atom. The predicted octanol–water partition coefficient (Wildman–Crippen LogP) is 3.50. The van der Waals surface area contributed by atoms with Gasteiger partial charge in [0.2, 0.25) is 0 Å². The molecule has 0 amide bonds. The number of methoxy groups -OCH3 is 7. The Morgan fingerprint density at radius 3 is 1.32 bits per heavy atom. The van der Waals surface area contributed by atoms with E-state index in [-0.39, 0.29) is 0 Å². The first kappa shape index (κ1) is 30.5. The number of anilines is 2. The summed E-state index contributed by atoms with van der Waals surface area (Å²) in [5.74, 6) is 2.30. The fourth-order valence-electron chi connectivity index (χ4n) is 4.14. The Hall–Kier alpha value is -2.72. The largest absolute Gasteiger partial charge is 0.496 e. The molecule has 2 aromatic rings. The molecule has 208 valence electrons. The number of benzene rings is 2. The minimum atomic E-state index is 0.586. The van der Waals surface area contributed by atoms with Crippen LogP contribution in [0, 0.1) is 0 Å². The van der Waals surface area contributed by atoms with Crippen LogP contribution in [0.2, 0.25) is 0 Å². The maximum atomic E-state index is 5.84. The zero-order chi connectivity index (χ0) is 27.0. The van der Waals surface area contributed by atoms with Crippen LogP contribution in [0.3, 0.4) is 0 Å². The highest BCUT2D eigenvalue weighted by Gasteiger charge is 2.19. The molecule has 0 aliphatic carbocycles. The summed E-state index contributed by atoms with van der Waals surface area (Å²) in [6, 6.07) is 10.3. The smallest absolute Gasteiger partial charge is 0.128 e. The highest BCUT2D eigenvalue weighted by atomic mass is 16.5. The molecule has 0 N–H and O–H groups in total. The van der Waals surface area contributed by atoms with Gasteiger partial charge in [0.1, 0.15) is 17.2 Å². The van der Waals surface area contributed by atoms with Crippen LogP contribution in [0.15, 0.2) is 30.3 Å². The van der Waals surface area contributed by atoms with Crippen LogP contribution in [0.1, 0.15) is 11.1 Å². The highest BCUT2D eigenvalue weighted by Crippen LogP contribution is 2.38. The zero-order valence-electron chi connectivity index (χ0n) is 23.5. The molecular weight excluding hydrogens is 476 g/mol. The van der Waals surface area contributed by atoms with Gasteiger partial charge < -0.3 is 43.0 Å². The van der Waals surface area contributed by atoms with Crippen molar-refractivity contribution in [1.82, 2.24) is 0 Å². The first-order valence-corrected chi connectivity index (χ1v) is 12.4. The minimum absolute atomic E-state index is 0.586. The van der Waals surface area contributed by atoms with Crippen molar-refractivity contribution in [3.8, 4) is 17.2 Å². The maximum Gasteiger partial charge on any atom is 0.128 e. The molecule has 9 nitrogen and oxygen atoms in total. The summed E-state index contributed by atoms with van der Waals surface area (Å²) in [5, 5.41) is 0. The van der Waals surface area contributed by atoms with E-state index in [1.165, 1.54) is 0 Å². The molecule has 0 unspecified atom stereocenters. The molecule has 0 bridgehead atoms. The monoisotopic (exact) mass is 520 g/mol. The van der Waals surface area contributed by atoms with Gasteiger partial charge in [-0.25, -0.2) is 0 Å². The summed E-state index contributed by atoms with van der Waals surface area (Å²) in [5.41, 5.74) is 4.02. The topological polar surface area (TPSA) is 71.1 Å². The lowest BCUT2D eigenvalue weighted by Crippen LogP contribution is -2.30. The van der Waals surface area contributed by atoms with E-state index in [4.69, 9.17) is 33.2 Å². The molecule has 0 radical (unpaired) electrons. The van der Waals surface area contributed by atoms with E-state index in [1.807, 2.05) is 12.1 Å². The number of rotatable bonds is 19. The van der Waals surface area contributed by atoms with Crippen molar-refractivity contribution >= 4 is 11.4 Å². The van der Waals surface area contributed by atoms with Crippen LogP contribution in [0.5, 0.6) is 17.2 Å². The van der Waals surface area contributed by atoms with Crippen LogP contribution < -0.4 is 24.0 Å². The summed E-state index contributed by atoms with van der Waals surface area (Å²) in [6.45, 7) is 5.42. The van der Waals surface area contributed by atoms with Crippen LogP contribution in [-0.2, 0) is 25.4 Å². The van der Waals surface area contributed by atoms with E-state index in [9.17, 15) is 0 Å². The van der Waals surface area contributed by atoms with E-state index in [0.29, 0.717) is 32.8 Å². The van der Waals surface area contributed by atoms with Gasteiger partial charge >= 0.3 is 0 Å². The van der Waals surface area contributed by atoms with Gasteiger partial charge in [-0.05, 0) is 11.6 Å². The third-order valence-corrected chi connectivity index (χ3v) is 6.22. The molecule has 0 atom stereocenters. The lowest BCUT2D eigenvalue weighted by Gasteiger charge is -2.27. The summed E-state index contributed by atoms with van der Waals surface area (Å²) >= 11 is 0. The Morgan fingerprint density at radius 1 is 0.514 bits per heavy atom. The van der Waals surface area contributed by atoms with Gasteiger partial charge in [-0.15, -0.1) is 0 Å². The van der Waals surface area contributed by atoms with Gasteiger partial charge in [-0.1, -0.05) is 6.07 Å². The van der Waals surface area contributed by atoms with E-state index in [0.717, 1.165) is 65.9 Å². The Balaban J connectivity index is 2.41. The van der Waals surface area contributed by atoms with Crippen molar-refractivity contribution in [3.05, 3.63) is 41.5 Å². The van der Waals surface area contributed by atoms with E-state index >= 15 is 0 Å². The first-order valence-electron chi connectivity index (χ1n) is 12.4. The standard InChI is InChI=1S/C28H44N2O7/c1-31-14-10-29(11-15-32-2)23-9-8-22(26(19-23)35-5)18-25-27(36-6)20-24(21-28(25)37-7)30(12-16-33-3)13-17-34-4/h8-9,19-21H,10-18H2,1-7H3. The average Bonchev–Trinajstić information content (AvgIpc) is 2.93. The average molecular weight is 521 g/mol. The summed E-state index contributed by atoms with van der Waals surface area (Å²) < 4.78 is 38.7. The quantitative estimate of drug-likeness (QED) is 0.277. The van der Waals surface area contributed by atoms with Crippen molar-refractivity contribution in [2.45, 2.75) is 6.42 Å². The molecule has 2 rings (SSSR count). The number of hydrogen-bond donors (Lipinski definition) is 0. The molecule has 0 fully saturated rings.